The summed E-state index contributed by atoms with van der Waals surface area (Å²) < 4.78 is 9.23. The van der Waals surface area contributed by atoms with Crippen LogP contribution in [0, 0.1) is 11.3 Å². The van der Waals surface area contributed by atoms with Crippen LogP contribution < -0.4 is 4.90 Å². The molecule has 1 heterocycles. The first-order valence-corrected chi connectivity index (χ1v) is 13.6. The Morgan fingerprint density at radius 2 is 1.15 bits per heavy atom. The lowest BCUT2D eigenvalue weighted by molar-refractivity contribution is -0.132. The van der Waals surface area contributed by atoms with Crippen LogP contribution in [0.15, 0.2) is 127 Å². The Balaban J connectivity index is 1.34. The standard InChI is InChI=1S/C34H22N4O2S/c35-22-26(34(39)40)21-23-11-13-24(14-12-23)30-19-20-31(33-32(30)36-41-37-33)25-15-17-29(18-16-25)38(27-7-3-1-4-8-27)28-9-5-2-6-10-28/h1-21H,(H,39,40)/b26-21-. The van der Waals surface area contributed by atoms with Crippen LogP contribution in [-0.2, 0) is 4.79 Å². The van der Waals surface area contributed by atoms with Crippen molar-refractivity contribution in [1.82, 2.24) is 8.75 Å². The lowest BCUT2D eigenvalue weighted by Gasteiger charge is -2.25. The van der Waals surface area contributed by atoms with Crippen molar-refractivity contribution in [2.45, 2.75) is 0 Å². The normalized spacial score (nSPS) is 11.2. The number of rotatable bonds is 7. The fourth-order valence-electron chi connectivity index (χ4n) is 4.79. The highest BCUT2D eigenvalue weighted by atomic mass is 32.1. The van der Waals surface area contributed by atoms with E-state index in [-0.39, 0.29) is 5.57 Å². The van der Waals surface area contributed by atoms with Gasteiger partial charge in [-0.25, -0.2) is 4.79 Å². The third kappa shape index (κ3) is 5.20. The molecule has 0 atom stereocenters. The maximum absolute atomic E-state index is 11.2. The minimum Gasteiger partial charge on any atom is -0.477 e. The number of para-hydroxylation sites is 2. The second-order valence-corrected chi connectivity index (χ2v) is 9.80. The highest BCUT2D eigenvalue weighted by molar-refractivity contribution is 7.00. The van der Waals surface area contributed by atoms with E-state index in [0.29, 0.717) is 5.56 Å². The molecule has 0 bridgehead atoms. The fourth-order valence-corrected chi connectivity index (χ4v) is 5.36. The maximum atomic E-state index is 11.2. The Morgan fingerprint density at radius 3 is 1.61 bits per heavy atom. The summed E-state index contributed by atoms with van der Waals surface area (Å²) in [4.78, 5) is 13.4. The molecule has 6 aromatic rings. The molecule has 0 unspecified atom stereocenters. The van der Waals surface area contributed by atoms with Gasteiger partial charge in [-0.15, -0.1) is 0 Å². The van der Waals surface area contributed by atoms with Crippen LogP contribution in [0.3, 0.4) is 0 Å². The molecule has 1 aromatic heterocycles. The van der Waals surface area contributed by atoms with E-state index in [1.54, 1.807) is 18.2 Å². The molecule has 1 N–H and O–H groups in total. The van der Waals surface area contributed by atoms with E-state index in [4.69, 9.17) is 10.4 Å². The molecule has 0 amide bonds. The van der Waals surface area contributed by atoms with Crippen molar-refractivity contribution in [2.75, 3.05) is 4.90 Å². The van der Waals surface area contributed by atoms with E-state index in [1.807, 2.05) is 54.6 Å². The summed E-state index contributed by atoms with van der Waals surface area (Å²) in [6.45, 7) is 0. The first-order valence-electron chi connectivity index (χ1n) is 12.8. The number of hydrogen-bond acceptors (Lipinski definition) is 6. The van der Waals surface area contributed by atoms with Crippen LogP contribution in [-0.4, -0.2) is 19.8 Å². The number of carboxylic acids is 1. The Morgan fingerprint density at radius 1 is 0.683 bits per heavy atom. The van der Waals surface area contributed by atoms with Crippen LogP contribution in [0.2, 0.25) is 0 Å². The largest absolute Gasteiger partial charge is 0.477 e. The molecule has 41 heavy (non-hydrogen) atoms. The van der Waals surface area contributed by atoms with Gasteiger partial charge in [0.2, 0.25) is 0 Å². The summed E-state index contributed by atoms with van der Waals surface area (Å²) >= 11 is 1.17. The van der Waals surface area contributed by atoms with Gasteiger partial charge < -0.3 is 10.0 Å². The van der Waals surface area contributed by atoms with Gasteiger partial charge in [0.1, 0.15) is 22.7 Å². The predicted molar refractivity (Wildman–Crippen MR) is 164 cm³/mol. The highest BCUT2D eigenvalue weighted by Crippen LogP contribution is 2.38. The van der Waals surface area contributed by atoms with Gasteiger partial charge in [0.15, 0.2) is 0 Å². The molecule has 0 fully saturated rings. The summed E-state index contributed by atoms with van der Waals surface area (Å²) in [6.07, 6.45) is 1.36. The Bertz CT molecular complexity index is 1870. The molecule has 196 valence electrons. The second kappa shape index (κ2) is 11.3. The summed E-state index contributed by atoms with van der Waals surface area (Å²) in [7, 11) is 0. The van der Waals surface area contributed by atoms with Crippen molar-refractivity contribution in [3.63, 3.8) is 0 Å². The van der Waals surface area contributed by atoms with Gasteiger partial charge in [-0.2, -0.15) is 14.0 Å². The quantitative estimate of drug-likeness (QED) is 0.158. The number of fused-ring (bicyclic) bond motifs is 1. The van der Waals surface area contributed by atoms with E-state index in [0.717, 1.165) is 50.3 Å². The average molecular weight is 551 g/mol. The lowest BCUT2D eigenvalue weighted by Crippen LogP contribution is -2.09. The number of carboxylic acid groups (broad SMARTS) is 1. The molecule has 0 aliphatic rings. The summed E-state index contributed by atoms with van der Waals surface area (Å²) in [5.74, 6) is -1.25. The molecule has 6 rings (SSSR count). The molecule has 0 radical (unpaired) electrons. The van der Waals surface area contributed by atoms with Crippen molar-refractivity contribution < 1.29 is 9.90 Å². The fraction of sp³-hybridized carbons (Fsp3) is 0. The second-order valence-electron chi connectivity index (χ2n) is 9.27. The number of anilines is 3. The smallest absolute Gasteiger partial charge is 0.346 e. The first kappa shape index (κ1) is 25.7. The van der Waals surface area contributed by atoms with Crippen molar-refractivity contribution in [1.29, 1.82) is 5.26 Å². The van der Waals surface area contributed by atoms with E-state index in [2.05, 4.69) is 68.2 Å². The van der Waals surface area contributed by atoms with E-state index in [9.17, 15) is 4.79 Å². The van der Waals surface area contributed by atoms with E-state index >= 15 is 0 Å². The molecule has 0 aliphatic carbocycles. The molecular formula is C34H22N4O2S. The minimum absolute atomic E-state index is 0.310. The van der Waals surface area contributed by atoms with E-state index < -0.39 is 5.97 Å². The van der Waals surface area contributed by atoms with Gasteiger partial charge in [-0.1, -0.05) is 84.9 Å². The van der Waals surface area contributed by atoms with Gasteiger partial charge in [0, 0.05) is 28.2 Å². The minimum atomic E-state index is -1.25. The van der Waals surface area contributed by atoms with Crippen LogP contribution in [0.25, 0.3) is 39.4 Å². The number of nitriles is 1. The topological polar surface area (TPSA) is 90.1 Å². The highest BCUT2D eigenvalue weighted by Gasteiger charge is 2.16. The zero-order chi connectivity index (χ0) is 28.2. The Labute approximate surface area is 241 Å². The van der Waals surface area contributed by atoms with Crippen molar-refractivity contribution >= 4 is 51.9 Å². The molecule has 7 heteroatoms. The molecule has 0 saturated heterocycles. The predicted octanol–water partition coefficient (Wildman–Crippen LogP) is 8.49. The SMILES string of the molecule is N#C/C(=C/c1ccc(-c2ccc(-c3ccc(N(c4ccccc4)c4ccccc4)cc3)c3nsnc23)cc1)C(=O)O. The lowest BCUT2D eigenvalue weighted by atomic mass is 9.97. The van der Waals surface area contributed by atoms with Gasteiger partial charge in [-0.05, 0) is 59.2 Å². The first-order chi connectivity index (χ1) is 20.1. The summed E-state index contributed by atoms with van der Waals surface area (Å²) in [6, 6.07) is 42.2. The molecular weight excluding hydrogens is 528 g/mol. The zero-order valence-corrected chi connectivity index (χ0v) is 22.5. The van der Waals surface area contributed by atoms with Gasteiger partial charge in [0.05, 0.1) is 11.7 Å². The number of benzene rings is 5. The molecule has 6 nitrogen and oxygen atoms in total. The number of nitrogens with zero attached hydrogens (tertiary/aromatic N) is 4. The van der Waals surface area contributed by atoms with Crippen molar-refractivity contribution in [3.05, 3.63) is 132 Å². The monoisotopic (exact) mass is 550 g/mol. The number of carbonyl (C=O) groups is 1. The maximum Gasteiger partial charge on any atom is 0.346 e. The molecule has 5 aromatic carbocycles. The summed E-state index contributed by atoms with van der Waals surface area (Å²) in [5.41, 5.74) is 9.05. The molecule has 0 spiro atoms. The Hall–Kier alpha value is -5.58. The zero-order valence-electron chi connectivity index (χ0n) is 21.7. The van der Waals surface area contributed by atoms with E-state index in [1.165, 1.54) is 17.8 Å². The molecule has 0 saturated carbocycles. The molecule has 0 aliphatic heterocycles. The van der Waals surface area contributed by atoms with Crippen LogP contribution in [0.5, 0.6) is 0 Å². The number of aliphatic carboxylic acids is 1. The number of aromatic nitrogens is 2. The third-order valence-corrected chi connectivity index (χ3v) is 7.29. The van der Waals surface area contributed by atoms with Crippen LogP contribution in [0.4, 0.5) is 17.1 Å². The van der Waals surface area contributed by atoms with Gasteiger partial charge >= 0.3 is 5.97 Å². The van der Waals surface area contributed by atoms with Crippen molar-refractivity contribution in [2.24, 2.45) is 0 Å². The summed E-state index contributed by atoms with van der Waals surface area (Å²) in [5, 5.41) is 18.2. The van der Waals surface area contributed by atoms with Gasteiger partial charge in [0.25, 0.3) is 0 Å². The number of hydrogen-bond donors (Lipinski definition) is 1. The Kier molecular flexibility index (Phi) is 7.06. The van der Waals surface area contributed by atoms with Crippen LogP contribution >= 0.6 is 11.7 Å². The third-order valence-electron chi connectivity index (χ3n) is 6.76. The van der Waals surface area contributed by atoms with Crippen LogP contribution in [0.1, 0.15) is 5.56 Å². The average Bonchev–Trinajstić information content (AvgIpc) is 3.52. The van der Waals surface area contributed by atoms with Gasteiger partial charge in [-0.3, -0.25) is 0 Å². The van der Waals surface area contributed by atoms with Crippen molar-refractivity contribution in [3.8, 4) is 28.3 Å².